The summed E-state index contributed by atoms with van der Waals surface area (Å²) >= 11 is 1.50. The van der Waals surface area contributed by atoms with Gasteiger partial charge in [0.2, 0.25) is 11.0 Å². The van der Waals surface area contributed by atoms with Crippen LogP contribution < -0.4 is 10.2 Å². The zero-order valence-corrected chi connectivity index (χ0v) is 15.5. The first-order chi connectivity index (χ1) is 11.6. The molecule has 0 atom stereocenters. The van der Waals surface area contributed by atoms with Gasteiger partial charge in [0, 0.05) is 56.2 Å². The minimum Gasteiger partial charge on any atom is -0.381 e. The summed E-state index contributed by atoms with van der Waals surface area (Å²) in [6, 6.07) is 0.308. The van der Waals surface area contributed by atoms with Crippen LogP contribution in [0.15, 0.2) is 0 Å². The average Bonchev–Trinajstić information content (AvgIpc) is 3.07. The maximum Gasteiger partial charge on any atom is 0.220 e. The number of aromatic nitrogens is 2. The normalized spacial score (nSPS) is 20.5. The van der Waals surface area contributed by atoms with Crippen molar-refractivity contribution in [3.05, 3.63) is 5.82 Å². The first-order valence-electron chi connectivity index (χ1n) is 9.07. The summed E-state index contributed by atoms with van der Waals surface area (Å²) in [5.74, 6) is 2.01. The Morgan fingerprint density at radius 3 is 2.62 bits per heavy atom. The summed E-state index contributed by atoms with van der Waals surface area (Å²) in [5.41, 5.74) is 0. The predicted molar refractivity (Wildman–Crippen MR) is 95.5 cm³/mol. The van der Waals surface area contributed by atoms with Gasteiger partial charge in [-0.25, -0.2) is 4.98 Å². The fraction of sp³-hybridized carbons (Fsp3) is 0.824. The molecule has 1 aromatic rings. The molecule has 0 spiro atoms. The second-order valence-electron chi connectivity index (χ2n) is 7.18. The van der Waals surface area contributed by atoms with E-state index in [1.807, 2.05) is 0 Å². The lowest BCUT2D eigenvalue weighted by Gasteiger charge is -2.31. The van der Waals surface area contributed by atoms with Crippen molar-refractivity contribution < 1.29 is 9.53 Å². The number of hydrogen-bond acceptors (Lipinski definition) is 6. The molecule has 6 nitrogen and oxygen atoms in total. The third-order valence-electron chi connectivity index (χ3n) is 4.89. The maximum atomic E-state index is 12.2. The molecule has 1 amide bonds. The minimum absolute atomic E-state index is 0.207. The molecule has 134 valence electrons. The zero-order chi connectivity index (χ0) is 16.9. The van der Waals surface area contributed by atoms with E-state index < -0.39 is 0 Å². The van der Waals surface area contributed by atoms with Gasteiger partial charge in [-0.15, -0.1) is 0 Å². The monoisotopic (exact) mass is 352 g/mol. The molecule has 1 aromatic heterocycles. The number of piperidine rings is 1. The fourth-order valence-electron chi connectivity index (χ4n) is 3.31. The van der Waals surface area contributed by atoms with Crippen LogP contribution in [-0.4, -0.2) is 47.6 Å². The third-order valence-corrected chi connectivity index (χ3v) is 5.68. The van der Waals surface area contributed by atoms with Crippen LogP contribution in [0.4, 0.5) is 5.13 Å². The molecule has 0 radical (unpaired) electrons. The number of hydrogen-bond donors (Lipinski definition) is 1. The Hall–Kier alpha value is -1.21. The van der Waals surface area contributed by atoms with E-state index in [9.17, 15) is 4.79 Å². The highest BCUT2D eigenvalue weighted by atomic mass is 32.1. The van der Waals surface area contributed by atoms with E-state index in [-0.39, 0.29) is 5.91 Å². The van der Waals surface area contributed by atoms with Crippen LogP contribution in [-0.2, 0) is 9.53 Å². The molecule has 2 fully saturated rings. The molecule has 0 saturated carbocycles. The maximum absolute atomic E-state index is 12.2. The zero-order valence-electron chi connectivity index (χ0n) is 14.7. The summed E-state index contributed by atoms with van der Waals surface area (Å²) in [6.45, 7) is 7.72. The Morgan fingerprint density at radius 1 is 1.29 bits per heavy atom. The molecule has 2 aliphatic heterocycles. The number of nitrogens with one attached hydrogen (secondary N) is 1. The van der Waals surface area contributed by atoms with Gasteiger partial charge in [-0.3, -0.25) is 4.79 Å². The fourth-order valence-corrected chi connectivity index (χ4v) is 4.17. The molecule has 3 rings (SSSR count). The number of ether oxygens (including phenoxy) is 1. The van der Waals surface area contributed by atoms with Crippen LogP contribution in [0.5, 0.6) is 0 Å². The summed E-state index contributed by atoms with van der Waals surface area (Å²) < 4.78 is 9.77. The molecule has 7 heteroatoms. The van der Waals surface area contributed by atoms with Gasteiger partial charge in [-0.05, 0) is 31.6 Å². The van der Waals surface area contributed by atoms with Crippen molar-refractivity contribution in [1.82, 2.24) is 14.7 Å². The Kier molecular flexibility index (Phi) is 6.05. The van der Waals surface area contributed by atoms with E-state index in [0.717, 1.165) is 62.9 Å². The third kappa shape index (κ3) is 4.66. The van der Waals surface area contributed by atoms with E-state index in [0.29, 0.717) is 24.3 Å². The van der Waals surface area contributed by atoms with Gasteiger partial charge in [0.1, 0.15) is 5.82 Å². The molecule has 2 saturated heterocycles. The lowest BCUT2D eigenvalue weighted by molar-refractivity contribution is -0.123. The summed E-state index contributed by atoms with van der Waals surface area (Å²) in [7, 11) is 0. The van der Waals surface area contributed by atoms with Crippen molar-refractivity contribution in [3.63, 3.8) is 0 Å². The molecule has 2 aliphatic rings. The van der Waals surface area contributed by atoms with Gasteiger partial charge in [0.15, 0.2) is 0 Å². The molecular formula is C17H28N4O2S. The van der Waals surface area contributed by atoms with Crippen molar-refractivity contribution in [1.29, 1.82) is 0 Å². The van der Waals surface area contributed by atoms with Gasteiger partial charge in [0.25, 0.3) is 0 Å². The average molecular weight is 353 g/mol. The van der Waals surface area contributed by atoms with Crippen LogP contribution in [0.2, 0.25) is 0 Å². The van der Waals surface area contributed by atoms with E-state index in [1.165, 1.54) is 11.5 Å². The topological polar surface area (TPSA) is 67.4 Å². The van der Waals surface area contributed by atoms with E-state index in [1.54, 1.807) is 0 Å². The molecule has 0 unspecified atom stereocenters. The molecular weight excluding hydrogens is 324 g/mol. The first-order valence-corrected chi connectivity index (χ1v) is 9.85. The van der Waals surface area contributed by atoms with Gasteiger partial charge in [-0.1, -0.05) is 13.8 Å². The smallest absolute Gasteiger partial charge is 0.220 e. The molecule has 1 N–H and O–H groups in total. The highest BCUT2D eigenvalue weighted by Gasteiger charge is 2.25. The summed E-state index contributed by atoms with van der Waals surface area (Å²) in [4.78, 5) is 19.2. The van der Waals surface area contributed by atoms with Gasteiger partial charge >= 0.3 is 0 Å². The molecule has 24 heavy (non-hydrogen) atoms. The van der Waals surface area contributed by atoms with E-state index in [2.05, 4.69) is 33.4 Å². The molecule has 0 aliphatic carbocycles. The van der Waals surface area contributed by atoms with Crippen LogP contribution in [0.1, 0.15) is 57.7 Å². The summed E-state index contributed by atoms with van der Waals surface area (Å²) in [6.07, 6.45) is 4.65. The number of nitrogens with zero attached hydrogens (tertiary/aromatic N) is 3. The number of carbonyl (C=O) groups is 1. The van der Waals surface area contributed by atoms with Crippen molar-refractivity contribution in [3.8, 4) is 0 Å². The second-order valence-corrected chi connectivity index (χ2v) is 7.91. The lowest BCUT2D eigenvalue weighted by Crippen LogP contribution is -2.41. The second kappa shape index (κ2) is 8.25. The number of amides is 1. The van der Waals surface area contributed by atoms with Gasteiger partial charge < -0.3 is 15.0 Å². The van der Waals surface area contributed by atoms with Crippen LogP contribution in [0.25, 0.3) is 0 Å². The number of carbonyl (C=O) groups excluding carboxylic acids is 1. The number of anilines is 1. The van der Waals surface area contributed by atoms with Gasteiger partial charge in [0.05, 0.1) is 0 Å². The highest BCUT2D eigenvalue weighted by Crippen LogP contribution is 2.27. The van der Waals surface area contributed by atoms with Crippen LogP contribution >= 0.6 is 11.5 Å². The van der Waals surface area contributed by atoms with Crippen molar-refractivity contribution in [2.24, 2.45) is 5.92 Å². The molecule has 3 heterocycles. The largest absolute Gasteiger partial charge is 0.381 e. The first kappa shape index (κ1) is 17.6. The van der Waals surface area contributed by atoms with E-state index >= 15 is 0 Å². The SMILES string of the molecule is CC(C)c1nsc(N2CCC(CC(=O)NC3CCOCC3)CC2)n1. The highest BCUT2D eigenvalue weighted by molar-refractivity contribution is 7.09. The van der Waals surface area contributed by atoms with Gasteiger partial charge in [-0.2, -0.15) is 4.37 Å². The van der Waals surface area contributed by atoms with E-state index in [4.69, 9.17) is 4.74 Å². The number of rotatable bonds is 5. The van der Waals surface area contributed by atoms with Crippen molar-refractivity contribution >= 4 is 22.6 Å². The minimum atomic E-state index is 0.207. The van der Waals surface area contributed by atoms with Crippen molar-refractivity contribution in [2.45, 2.75) is 57.9 Å². The molecule has 0 bridgehead atoms. The molecule has 0 aromatic carbocycles. The van der Waals surface area contributed by atoms with Crippen LogP contribution in [0, 0.1) is 5.92 Å². The Bertz CT molecular complexity index is 534. The predicted octanol–water partition coefficient (Wildman–Crippen LogP) is 2.56. The summed E-state index contributed by atoms with van der Waals surface area (Å²) in [5, 5.41) is 4.20. The standard InChI is InChI=1S/C17H28N4O2S/c1-12(2)16-19-17(24-20-16)21-7-3-13(4-8-21)11-15(22)18-14-5-9-23-10-6-14/h12-14H,3-11H2,1-2H3,(H,18,22). The Morgan fingerprint density at radius 2 is 2.00 bits per heavy atom. The van der Waals surface area contributed by atoms with Crippen LogP contribution in [0.3, 0.4) is 0 Å². The Labute approximate surface area is 148 Å². The quantitative estimate of drug-likeness (QED) is 0.882. The van der Waals surface area contributed by atoms with Crippen molar-refractivity contribution in [2.75, 3.05) is 31.2 Å². The lowest BCUT2D eigenvalue weighted by atomic mass is 9.93. The Balaban J connectivity index is 1.42.